The van der Waals surface area contributed by atoms with Crippen molar-refractivity contribution >= 4 is 28.3 Å². The largest absolute Gasteiger partial charge is 0.359 e. The summed E-state index contributed by atoms with van der Waals surface area (Å²) in [6, 6.07) is 0.0368. The number of carbonyl (C=O) groups is 2. The van der Waals surface area contributed by atoms with Crippen LogP contribution in [0, 0.1) is 5.92 Å². The molecule has 2 fully saturated rings. The second-order valence-corrected chi connectivity index (χ2v) is 7.14. The minimum atomic E-state index is -0.334. The zero-order valence-electron chi connectivity index (χ0n) is 12.7. The maximum Gasteiger partial charge on any atom is 0.245 e. The Hall–Kier alpha value is -1.63. The summed E-state index contributed by atoms with van der Waals surface area (Å²) in [5.74, 6) is 0.358. The van der Waals surface area contributed by atoms with E-state index in [1.165, 1.54) is 0 Å². The molecule has 6 nitrogen and oxygen atoms in total. The molecule has 0 saturated carbocycles. The molecule has 2 N–H and O–H groups in total. The molecule has 0 aromatic carbocycles. The number of nitrogens with one attached hydrogen (secondary N) is 2. The van der Waals surface area contributed by atoms with Crippen LogP contribution in [0.25, 0.3) is 0 Å². The van der Waals surface area contributed by atoms with E-state index in [2.05, 4.69) is 15.6 Å². The topological polar surface area (TPSA) is 74.3 Å². The Kier molecular flexibility index (Phi) is 4.61. The number of aromatic nitrogens is 1. The number of nitrogens with zero attached hydrogens (tertiary/aromatic N) is 2. The molecular formula is C15H22N4O2S. The Bertz CT molecular complexity index is 526. The van der Waals surface area contributed by atoms with Crippen molar-refractivity contribution < 1.29 is 9.59 Å². The maximum absolute atomic E-state index is 12.5. The first-order valence-corrected chi connectivity index (χ1v) is 8.74. The Balaban J connectivity index is 1.50. The van der Waals surface area contributed by atoms with Crippen molar-refractivity contribution in [2.75, 3.05) is 18.4 Å². The van der Waals surface area contributed by atoms with Crippen LogP contribution in [0.1, 0.15) is 32.6 Å². The lowest BCUT2D eigenvalue weighted by Crippen LogP contribution is -2.54. The van der Waals surface area contributed by atoms with Crippen molar-refractivity contribution in [2.24, 2.45) is 5.92 Å². The highest BCUT2D eigenvalue weighted by molar-refractivity contribution is 7.13. The summed E-state index contributed by atoms with van der Waals surface area (Å²) in [6.45, 7) is 3.51. The second kappa shape index (κ2) is 6.64. The smallest absolute Gasteiger partial charge is 0.245 e. The molecule has 2 amide bonds. The number of piperidine rings is 2. The van der Waals surface area contributed by atoms with Crippen molar-refractivity contribution in [2.45, 2.75) is 44.7 Å². The molecule has 3 rings (SSSR count). The normalized spacial score (nSPS) is 26.6. The van der Waals surface area contributed by atoms with Gasteiger partial charge in [0, 0.05) is 37.1 Å². The zero-order valence-corrected chi connectivity index (χ0v) is 13.6. The molecule has 7 heteroatoms. The standard InChI is InChI=1S/C15H22N4O2S/c1-10-8-12(18-13(20)9-10)14(21)19-5-2-11(3-6-19)17-15-16-4-7-22-15/h4,7,10-12H,2-3,5-6,8-9H2,1H3,(H,16,17)(H,18,20)/t10-,12-/m0/s1. The molecule has 22 heavy (non-hydrogen) atoms. The summed E-state index contributed by atoms with van der Waals surface area (Å²) in [4.78, 5) is 30.3. The Morgan fingerprint density at radius 1 is 1.45 bits per heavy atom. The van der Waals surface area contributed by atoms with E-state index in [-0.39, 0.29) is 23.8 Å². The van der Waals surface area contributed by atoms with Crippen molar-refractivity contribution in [3.8, 4) is 0 Å². The first kappa shape index (κ1) is 15.3. The predicted octanol–water partition coefficient (Wildman–Crippen LogP) is 1.46. The number of thiazole rings is 1. The number of rotatable bonds is 3. The summed E-state index contributed by atoms with van der Waals surface area (Å²) in [7, 11) is 0. The van der Waals surface area contributed by atoms with Crippen LogP contribution in [0.2, 0.25) is 0 Å². The van der Waals surface area contributed by atoms with Crippen molar-refractivity contribution in [3.63, 3.8) is 0 Å². The van der Waals surface area contributed by atoms with Gasteiger partial charge in [0.1, 0.15) is 6.04 Å². The third kappa shape index (κ3) is 3.58. The minimum Gasteiger partial charge on any atom is -0.359 e. The molecule has 0 spiro atoms. The van der Waals surface area contributed by atoms with E-state index >= 15 is 0 Å². The van der Waals surface area contributed by atoms with Crippen molar-refractivity contribution in [3.05, 3.63) is 11.6 Å². The average molecular weight is 322 g/mol. The third-order valence-electron chi connectivity index (χ3n) is 4.37. The maximum atomic E-state index is 12.5. The number of likely N-dealkylation sites (tertiary alicyclic amines) is 1. The van der Waals surface area contributed by atoms with E-state index in [0.29, 0.717) is 12.5 Å². The lowest BCUT2D eigenvalue weighted by Gasteiger charge is -2.36. The molecule has 2 aliphatic rings. The summed E-state index contributed by atoms with van der Waals surface area (Å²) in [5, 5.41) is 9.15. The van der Waals surface area contributed by atoms with Gasteiger partial charge >= 0.3 is 0 Å². The van der Waals surface area contributed by atoms with Crippen LogP contribution in [0.15, 0.2) is 11.6 Å². The third-order valence-corrected chi connectivity index (χ3v) is 5.08. The number of hydrogen-bond donors (Lipinski definition) is 2. The van der Waals surface area contributed by atoms with Gasteiger partial charge in [-0.1, -0.05) is 6.92 Å². The van der Waals surface area contributed by atoms with Gasteiger partial charge in [-0.3, -0.25) is 9.59 Å². The first-order valence-electron chi connectivity index (χ1n) is 7.86. The molecule has 2 saturated heterocycles. The average Bonchev–Trinajstić information content (AvgIpc) is 2.99. The molecular weight excluding hydrogens is 300 g/mol. The van der Waals surface area contributed by atoms with Crippen LogP contribution in [0.3, 0.4) is 0 Å². The fourth-order valence-electron chi connectivity index (χ4n) is 3.21. The molecule has 0 unspecified atom stereocenters. The van der Waals surface area contributed by atoms with E-state index in [4.69, 9.17) is 0 Å². The molecule has 3 heterocycles. The number of amides is 2. The summed E-state index contributed by atoms with van der Waals surface area (Å²) >= 11 is 1.60. The highest BCUT2D eigenvalue weighted by Crippen LogP contribution is 2.21. The molecule has 0 bridgehead atoms. The molecule has 2 atom stereocenters. The Morgan fingerprint density at radius 3 is 2.86 bits per heavy atom. The quantitative estimate of drug-likeness (QED) is 0.883. The van der Waals surface area contributed by atoms with Crippen molar-refractivity contribution in [1.82, 2.24) is 15.2 Å². The minimum absolute atomic E-state index is 0.00239. The second-order valence-electron chi connectivity index (χ2n) is 6.25. The van der Waals surface area contributed by atoms with Crippen molar-refractivity contribution in [1.29, 1.82) is 0 Å². The van der Waals surface area contributed by atoms with E-state index in [1.54, 1.807) is 17.5 Å². The lowest BCUT2D eigenvalue weighted by molar-refractivity contribution is -0.139. The number of anilines is 1. The molecule has 0 aliphatic carbocycles. The monoisotopic (exact) mass is 322 g/mol. The fraction of sp³-hybridized carbons (Fsp3) is 0.667. The molecule has 1 aromatic heterocycles. The van der Waals surface area contributed by atoms with Crippen LogP contribution in [0.4, 0.5) is 5.13 Å². The van der Waals surface area contributed by atoms with E-state index in [0.717, 1.165) is 37.5 Å². The van der Waals surface area contributed by atoms with E-state index < -0.39 is 0 Å². The number of hydrogen-bond acceptors (Lipinski definition) is 5. The van der Waals surface area contributed by atoms with Gasteiger partial charge in [0.05, 0.1) is 0 Å². The molecule has 120 valence electrons. The van der Waals surface area contributed by atoms with Crippen LogP contribution in [-0.4, -0.2) is 46.9 Å². The summed E-state index contributed by atoms with van der Waals surface area (Å²) in [6.07, 6.45) is 4.91. The van der Waals surface area contributed by atoms with Crippen LogP contribution in [0.5, 0.6) is 0 Å². The highest BCUT2D eigenvalue weighted by atomic mass is 32.1. The van der Waals surface area contributed by atoms with Gasteiger partial charge in [-0.25, -0.2) is 4.98 Å². The van der Waals surface area contributed by atoms with Gasteiger partial charge in [0.25, 0.3) is 0 Å². The number of carbonyl (C=O) groups excluding carboxylic acids is 2. The Labute approximate surface area is 134 Å². The highest BCUT2D eigenvalue weighted by Gasteiger charge is 2.33. The van der Waals surface area contributed by atoms with Gasteiger partial charge in [-0.15, -0.1) is 11.3 Å². The van der Waals surface area contributed by atoms with Gasteiger partial charge < -0.3 is 15.5 Å². The summed E-state index contributed by atoms with van der Waals surface area (Å²) in [5.41, 5.74) is 0. The van der Waals surface area contributed by atoms with Crippen LogP contribution < -0.4 is 10.6 Å². The van der Waals surface area contributed by atoms with Gasteiger partial charge in [0.2, 0.25) is 11.8 Å². The molecule has 2 aliphatic heterocycles. The SMILES string of the molecule is C[C@@H]1CC(=O)N[C@H](C(=O)N2CCC(Nc3nccs3)CC2)C1. The molecule has 0 radical (unpaired) electrons. The van der Waals surface area contributed by atoms with Gasteiger partial charge in [0.15, 0.2) is 5.13 Å². The first-order chi connectivity index (χ1) is 10.6. The van der Waals surface area contributed by atoms with Gasteiger partial charge in [-0.05, 0) is 25.2 Å². The zero-order chi connectivity index (χ0) is 15.5. The van der Waals surface area contributed by atoms with E-state index in [9.17, 15) is 9.59 Å². The lowest BCUT2D eigenvalue weighted by atomic mass is 9.92. The van der Waals surface area contributed by atoms with Gasteiger partial charge in [-0.2, -0.15) is 0 Å². The predicted molar refractivity (Wildman–Crippen MR) is 85.7 cm³/mol. The summed E-state index contributed by atoms with van der Waals surface area (Å²) < 4.78 is 0. The van der Waals surface area contributed by atoms with Crippen LogP contribution >= 0.6 is 11.3 Å². The Morgan fingerprint density at radius 2 is 2.23 bits per heavy atom. The molecule has 1 aromatic rings. The van der Waals surface area contributed by atoms with E-state index in [1.807, 2.05) is 17.2 Å². The van der Waals surface area contributed by atoms with Crippen LogP contribution in [-0.2, 0) is 9.59 Å². The fourth-order valence-corrected chi connectivity index (χ4v) is 3.82.